The van der Waals surface area contributed by atoms with Gasteiger partial charge in [0, 0.05) is 32.1 Å². The van der Waals surface area contributed by atoms with Gasteiger partial charge in [-0.2, -0.15) is 4.98 Å². The summed E-state index contributed by atoms with van der Waals surface area (Å²) in [6.45, 7) is 3.49. The molecule has 0 aromatic carbocycles. The Hall–Kier alpha value is -2.46. The number of hydrogen-bond acceptors (Lipinski definition) is 7. The maximum absolute atomic E-state index is 12.1. The van der Waals surface area contributed by atoms with Gasteiger partial charge in [0.15, 0.2) is 5.82 Å². The molecular weight excluding hydrogens is 322 g/mol. The molecule has 1 N–H and O–H groups in total. The average molecular weight is 337 g/mol. The molecule has 0 aliphatic heterocycles. The van der Waals surface area contributed by atoms with Crippen LogP contribution in [-0.4, -0.2) is 46.9 Å². The minimum Gasteiger partial charge on any atom is -0.448 e. The van der Waals surface area contributed by atoms with Gasteiger partial charge in [-0.3, -0.25) is 0 Å². The maximum atomic E-state index is 12.1. The fourth-order valence-corrected chi connectivity index (χ4v) is 2.79. The minimum atomic E-state index is -3.67. The standard InChI is InChI=1S/C13H15N5O4S/c1-7-6-14-11(15-7)12-16-13(22-17-12)9-5-10(21-8(9)2)23(19,20)18(3)4/h5-6H,1-4H3,(H,14,15). The highest BCUT2D eigenvalue weighted by molar-refractivity contribution is 7.88. The van der Waals surface area contributed by atoms with Crippen LogP contribution in [0.3, 0.4) is 0 Å². The van der Waals surface area contributed by atoms with Crippen LogP contribution in [-0.2, 0) is 10.0 Å². The summed E-state index contributed by atoms with van der Waals surface area (Å²) < 4.78 is 35.8. The predicted octanol–water partition coefficient (Wildman–Crippen LogP) is 1.59. The molecule has 0 fully saturated rings. The number of H-pyrrole nitrogens is 1. The van der Waals surface area contributed by atoms with Crippen molar-refractivity contribution in [3.8, 4) is 23.1 Å². The van der Waals surface area contributed by atoms with E-state index in [1.165, 1.54) is 20.2 Å². The highest BCUT2D eigenvalue weighted by atomic mass is 32.2. The molecule has 0 saturated carbocycles. The van der Waals surface area contributed by atoms with E-state index in [-0.39, 0.29) is 16.8 Å². The zero-order valence-electron chi connectivity index (χ0n) is 13.0. The first-order chi connectivity index (χ1) is 10.8. The van der Waals surface area contributed by atoms with E-state index in [2.05, 4.69) is 20.1 Å². The molecule has 0 saturated heterocycles. The highest BCUT2D eigenvalue weighted by Crippen LogP contribution is 2.29. The Morgan fingerprint density at radius 1 is 1.26 bits per heavy atom. The number of aromatic nitrogens is 4. The fraction of sp³-hybridized carbons (Fsp3) is 0.308. The first-order valence-electron chi connectivity index (χ1n) is 6.68. The lowest BCUT2D eigenvalue weighted by molar-refractivity contribution is 0.407. The molecule has 0 unspecified atom stereocenters. The lowest BCUT2D eigenvalue weighted by Gasteiger charge is -2.07. The van der Waals surface area contributed by atoms with Crippen LogP contribution >= 0.6 is 0 Å². The van der Waals surface area contributed by atoms with E-state index < -0.39 is 10.0 Å². The van der Waals surface area contributed by atoms with Crippen LogP contribution in [0.5, 0.6) is 0 Å². The van der Waals surface area contributed by atoms with Gasteiger partial charge >= 0.3 is 0 Å². The van der Waals surface area contributed by atoms with Crippen molar-refractivity contribution < 1.29 is 17.4 Å². The number of sulfonamides is 1. The van der Waals surface area contributed by atoms with Crippen LogP contribution in [0.25, 0.3) is 23.1 Å². The summed E-state index contributed by atoms with van der Waals surface area (Å²) >= 11 is 0. The third kappa shape index (κ3) is 2.66. The van der Waals surface area contributed by atoms with Gasteiger partial charge in [0.25, 0.3) is 15.9 Å². The van der Waals surface area contributed by atoms with Crippen LogP contribution in [0.15, 0.2) is 26.3 Å². The van der Waals surface area contributed by atoms with Gasteiger partial charge in [-0.05, 0) is 13.8 Å². The van der Waals surface area contributed by atoms with Gasteiger partial charge in [-0.25, -0.2) is 17.7 Å². The van der Waals surface area contributed by atoms with Crippen LogP contribution in [0, 0.1) is 13.8 Å². The Labute approximate surface area is 132 Å². The second kappa shape index (κ2) is 5.32. The Bertz CT molecular complexity index is 951. The summed E-state index contributed by atoms with van der Waals surface area (Å²) in [6, 6.07) is 1.37. The molecule has 3 aromatic rings. The Balaban J connectivity index is 2.00. The van der Waals surface area contributed by atoms with Gasteiger partial charge < -0.3 is 13.9 Å². The smallest absolute Gasteiger partial charge is 0.275 e. The number of nitrogens with zero attached hydrogens (tertiary/aromatic N) is 4. The molecule has 0 aliphatic carbocycles. The highest BCUT2D eigenvalue weighted by Gasteiger charge is 2.26. The van der Waals surface area contributed by atoms with Crippen molar-refractivity contribution in [3.05, 3.63) is 23.7 Å². The van der Waals surface area contributed by atoms with Gasteiger partial charge in [-0.1, -0.05) is 5.16 Å². The van der Waals surface area contributed by atoms with Gasteiger partial charge in [-0.15, -0.1) is 0 Å². The number of rotatable bonds is 4. The summed E-state index contributed by atoms with van der Waals surface area (Å²) in [7, 11) is -0.815. The first-order valence-corrected chi connectivity index (χ1v) is 8.12. The van der Waals surface area contributed by atoms with E-state index in [0.29, 0.717) is 17.1 Å². The summed E-state index contributed by atoms with van der Waals surface area (Å²) in [5.74, 6) is 1.29. The van der Waals surface area contributed by atoms with Crippen LogP contribution < -0.4 is 0 Å². The van der Waals surface area contributed by atoms with Crippen molar-refractivity contribution >= 4 is 10.0 Å². The van der Waals surface area contributed by atoms with Gasteiger partial charge in [0.2, 0.25) is 10.9 Å². The predicted molar refractivity (Wildman–Crippen MR) is 79.9 cm³/mol. The Morgan fingerprint density at radius 2 is 2.00 bits per heavy atom. The molecule has 3 heterocycles. The number of imidazole rings is 1. The van der Waals surface area contributed by atoms with Gasteiger partial charge in [0.1, 0.15) is 5.76 Å². The zero-order valence-corrected chi connectivity index (χ0v) is 13.8. The summed E-state index contributed by atoms with van der Waals surface area (Å²) in [4.78, 5) is 11.3. The van der Waals surface area contributed by atoms with Crippen LogP contribution in [0.1, 0.15) is 11.5 Å². The van der Waals surface area contributed by atoms with Crippen molar-refractivity contribution in [2.75, 3.05) is 14.1 Å². The van der Waals surface area contributed by atoms with Crippen LogP contribution in [0.4, 0.5) is 0 Å². The number of aryl methyl sites for hydroxylation is 2. The van der Waals surface area contributed by atoms with E-state index in [9.17, 15) is 8.42 Å². The lowest BCUT2D eigenvalue weighted by Crippen LogP contribution is -2.21. The Morgan fingerprint density at radius 3 is 2.61 bits per heavy atom. The third-order valence-corrected chi connectivity index (χ3v) is 4.87. The average Bonchev–Trinajstić information content (AvgIpc) is 3.17. The number of furan rings is 1. The summed E-state index contributed by atoms with van der Waals surface area (Å²) in [5, 5.41) is 3.67. The molecule has 0 spiro atoms. The molecule has 0 radical (unpaired) electrons. The topological polar surface area (TPSA) is 118 Å². The molecule has 0 amide bonds. The van der Waals surface area contributed by atoms with E-state index in [1.54, 1.807) is 13.1 Å². The van der Waals surface area contributed by atoms with E-state index in [0.717, 1.165) is 10.00 Å². The molecule has 9 nitrogen and oxygen atoms in total. The molecule has 0 aliphatic rings. The van der Waals surface area contributed by atoms with Crippen molar-refractivity contribution in [1.29, 1.82) is 0 Å². The molecule has 10 heteroatoms. The van der Waals surface area contributed by atoms with E-state index in [1.807, 2.05) is 6.92 Å². The van der Waals surface area contributed by atoms with E-state index in [4.69, 9.17) is 8.94 Å². The first kappa shape index (κ1) is 15.4. The van der Waals surface area contributed by atoms with Crippen molar-refractivity contribution in [2.45, 2.75) is 18.9 Å². The molecule has 0 bridgehead atoms. The molecule has 3 rings (SSSR count). The second-order valence-corrected chi connectivity index (χ2v) is 7.24. The fourth-order valence-electron chi connectivity index (χ4n) is 1.93. The third-order valence-electron chi connectivity index (χ3n) is 3.20. The quantitative estimate of drug-likeness (QED) is 0.768. The Kier molecular flexibility index (Phi) is 3.57. The molecule has 122 valence electrons. The normalized spacial score (nSPS) is 12.2. The second-order valence-electron chi connectivity index (χ2n) is 5.16. The number of aromatic amines is 1. The molecular formula is C13H15N5O4S. The maximum Gasteiger partial charge on any atom is 0.275 e. The number of hydrogen-bond donors (Lipinski definition) is 1. The SMILES string of the molecule is Cc1cnc(-c2noc(-c3cc(S(=O)(=O)N(C)C)oc3C)n2)[nH]1. The lowest BCUT2D eigenvalue weighted by atomic mass is 10.2. The summed E-state index contributed by atoms with van der Waals surface area (Å²) in [5.41, 5.74) is 1.29. The minimum absolute atomic E-state index is 0.163. The van der Waals surface area contributed by atoms with Crippen molar-refractivity contribution in [2.24, 2.45) is 0 Å². The van der Waals surface area contributed by atoms with Crippen molar-refractivity contribution in [1.82, 2.24) is 24.4 Å². The van der Waals surface area contributed by atoms with Gasteiger partial charge in [0.05, 0.1) is 5.56 Å². The summed E-state index contributed by atoms with van der Waals surface area (Å²) in [6.07, 6.45) is 1.65. The monoisotopic (exact) mass is 337 g/mol. The van der Waals surface area contributed by atoms with Crippen molar-refractivity contribution in [3.63, 3.8) is 0 Å². The van der Waals surface area contributed by atoms with Crippen LogP contribution in [0.2, 0.25) is 0 Å². The molecule has 0 atom stereocenters. The number of nitrogens with one attached hydrogen (secondary N) is 1. The zero-order chi connectivity index (χ0) is 16.8. The molecule has 23 heavy (non-hydrogen) atoms. The molecule has 3 aromatic heterocycles. The largest absolute Gasteiger partial charge is 0.448 e. The van der Waals surface area contributed by atoms with E-state index >= 15 is 0 Å².